The van der Waals surface area contributed by atoms with Crippen molar-refractivity contribution in [1.82, 2.24) is 4.98 Å². The van der Waals surface area contributed by atoms with Crippen LogP contribution in [0.2, 0.25) is 0 Å². The highest BCUT2D eigenvalue weighted by Gasteiger charge is 2.41. The Balaban J connectivity index is 3.75. The monoisotopic (exact) mass is 257 g/mol. The molecule has 94 valence electrons. The Morgan fingerprint density at radius 3 is 2.24 bits per heavy atom. The molecule has 0 radical (unpaired) electrons. The van der Waals surface area contributed by atoms with E-state index in [1.807, 2.05) is 0 Å². The van der Waals surface area contributed by atoms with Crippen LogP contribution < -0.4 is 5.56 Å². The molecular formula is C8H4F5NO3. The predicted molar refractivity (Wildman–Crippen MR) is 44.0 cm³/mol. The van der Waals surface area contributed by atoms with E-state index in [1.165, 1.54) is 4.98 Å². The first kappa shape index (κ1) is 13.1. The Kier molecular flexibility index (Phi) is 3.21. The Labute approximate surface area is 89.7 Å². The lowest BCUT2D eigenvalue weighted by Crippen LogP contribution is -2.25. The van der Waals surface area contributed by atoms with Crippen molar-refractivity contribution >= 4 is 5.97 Å². The van der Waals surface area contributed by atoms with Gasteiger partial charge in [-0.15, -0.1) is 0 Å². The number of carbonyl (C=O) groups is 1. The topological polar surface area (TPSA) is 70.2 Å². The summed E-state index contributed by atoms with van der Waals surface area (Å²) in [5.74, 6) is -2.06. The van der Waals surface area contributed by atoms with Gasteiger partial charge in [-0.05, 0) is 0 Å². The van der Waals surface area contributed by atoms with Crippen molar-refractivity contribution < 1.29 is 31.9 Å². The van der Waals surface area contributed by atoms with Crippen LogP contribution in [0.15, 0.2) is 11.0 Å². The molecule has 17 heavy (non-hydrogen) atoms. The van der Waals surface area contributed by atoms with Gasteiger partial charge >= 0.3 is 12.1 Å². The summed E-state index contributed by atoms with van der Waals surface area (Å²) < 4.78 is 62.1. The molecule has 1 heterocycles. The summed E-state index contributed by atoms with van der Waals surface area (Å²) in [6.07, 6.45) is -8.85. The number of nitrogens with one attached hydrogen (secondary N) is 1. The highest BCUT2D eigenvalue weighted by molar-refractivity contribution is 5.89. The minimum absolute atomic E-state index is 0.235. The van der Waals surface area contributed by atoms with Gasteiger partial charge in [0.2, 0.25) is 0 Å². The largest absolute Gasteiger partial charge is 0.478 e. The van der Waals surface area contributed by atoms with Gasteiger partial charge in [-0.25, -0.2) is 13.6 Å². The van der Waals surface area contributed by atoms with Crippen LogP contribution >= 0.6 is 0 Å². The molecule has 0 spiro atoms. The number of carboxylic acid groups (broad SMARTS) is 1. The molecule has 0 unspecified atom stereocenters. The molecule has 2 N–H and O–H groups in total. The molecule has 4 nitrogen and oxygen atoms in total. The van der Waals surface area contributed by atoms with Crippen LogP contribution in [-0.4, -0.2) is 16.1 Å². The van der Waals surface area contributed by atoms with Gasteiger partial charge in [0.05, 0.1) is 16.7 Å². The van der Waals surface area contributed by atoms with E-state index in [4.69, 9.17) is 5.11 Å². The minimum Gasteiger partial charge on any atom is -0.478 e. The number of halogens is 5. The smallest absolute Gasteiger partial charge is 0.417 e. The second-order valence-electron chi connectivity index (χ2n) is 2.92. The standard InChI is InChI=1S/C8H4F5NO3/c9-5(10)3-4(8(11,12)13)2(7(16)17)1-14-6(3)15/h1,5H,(H,14,15)(H,16,17). The third-order valence-corrected chi connectivity index (χ3v) is 1.86. The fourth-order valence-corrected chi connectivity index (χ4v) is 1.23. The van der Waals surface area contributed by atoms with Crippen molar-refractivity contribution in [1.29, 1.82) is 0 Å². The minimum atomic E-state index is -5.35. The maximum Gasteiger partial charge on any atom is 0.417 e. The first-order valence-electron chi connectivity index (χ1n) is 4.00. The highest BCUT2D eigenvalue weighted by Crippen LogP contribution is 2.36. The molecule has 0 fully saturated rings. The quantitative estimate of drug-likeness (QED) is 0.796. The summed E-state index contributed by atoms with van der Waals surface area (Å²) in [6.45, 7) is 0. The van der Waals surface area contributed by atoms with Crippen molar-refractivity contribution in [2.45, 2.75) is 12.6 Å². The molecule has 9 heteroatoms. The average molecular weight is 257 g/mol. The van der Waals surface area contributed by atoms with Crippen molar-refractivity contribution in [3.8, 4) is 0 Å². The molecule has 0 saturated carbocycles. The fraction of sp³-hybridized carbons (Fsp3) is 0.250. The lowest BCUT2D eigenvalue weighted by atomic mass is 10.0. The SMILES string of the molecule is O=C(O)c1c[nH]c(=O)c(C(F)F)c1C(F)(F)F. The third-order valence-electron chi connectivity index (χ3n) is 1.86. The van der Waals surface area contributed by atoms with Crippen molar-refractivity contribution in [3.05, 3.63) is 33.2 Å². The van der Waals surface area contributed by atoms with Gasteiger partial charge in [-0.1, -0.05) is 0 Å². The molecule has 0 aliphatic carbocycles. The number of H-pyrrole nitrogens is 1. The summed E-state index contributed by atoms with van der Waals surface area (Å²) >= 11 is 0. The number of carboxylic acids is 1. The van der Waals surface area contributed by atoms with Crippen LogP contribution in [0.4, 0.5) is 22.0 Å². The van der Waals surface area contributed by atoms with E-state index in [-0.39, 0.29) is 6.20 Å². The van der Waals surface area contributed by atoms with Crippen molar-refractivity contribution in [3.63, 3.8) is 0 Å². The first-order chi connectivity index (χ1) is 7.66. The van der Waals surface area contributed by atoms with Gasteiger partial charge in [-0.2, -0.15) is 13.2 Å². The molecule has 0 aromatic carbocycles. The lowest BCUT2D eigenvalue weighted by molar-refractivity contribution is -0.140. The molecule has 0 bridgehead atoms. The lowest BCUT2D eigenvalue weighted by Gasteiger charge is -2.13. The van der Waals surface area contributed by atoms with E-state index in [2.05, 4.69) is 0 Å². The normalized spacial score (nSPS) is 11.9. The Hall–Kier alpha value is -1.93. The number of hydrogen-bond acceptors (Lipinski definition) is 2. The summed E-state index contributed by atoms with van der Waals surface area (Å²) in [5.41, 5.74) is -7.11. The predicted octanol–water partition coefficient (Wildman–Crippen LogP) is 2.03. The summed E-state index contributed by atoms with van der Waals surface area (Å²) in [4.78, 5) is 22.9. The van der Waals surface area contributed by atoms with Gasteiger partial charge in [0.25, 0.3) is 12.0 Å². The van der Waals surface area contributed by atoms with Crippen LogP contribution in [0.1, 0.15) is 27.9 Å². The van der Waals surface area contributed by atoms with Crippen LogP contribution in [0, 0.1) is 0 Å². The molecule has 1 aromatic heterocycles. The van der Waals surface area contributed by atoms with Crippen LogP contribution in [0.3, 0.4) is 0 Å². The highest BCUT2D eigenvalue weighted by atomic mass is 19.4. The maximum atomic E-state index is 12.5. The molecule has 0 saturated heterocycles. The molecule has 1 aromatic rings. The number of aromatic amines is 1. The molecule has 0 atom stereocenters. The summed E-state index contributed by atoms with van der Waals surface area (Å²) in [5, 5.41) is 8.46. The Morgan fingerprint density at radius 1 is 1.35 bits per heavy atom. The second kappa shape index (κ2) is 4.15. The number of aromatic carboxylic acids is 1. The van der Waals surface area contributed by atoms with Gasteiger partial charge < -0.3 is 10.1 Å². The molecule has 0 aliphatic heterocycles. The van der Waals surface area contributed by atoms with E-state index in [9.17, 15) is 31.5 Å². The van der Waals surface area contributed by atoms with E-state index in [1.54, 1.807) is 0 Å². The first-order valence-corrected chi connectivity index (χ1v) is 4.00. The number of pyridine rings is 1. The Bertz CT molecular complexity index is 505. The molecule has 0 aliphatic rings. The summed E-state index contributed by atoms with van der Waals surface area (Å²) in [6, 6.07) is 0. The number of rotatable bonds is 2. The number of hydrogen-bond donors (Lipinski definition) is 2. The van der Waals surface area contributed by atoms with E-state index < -0.39 is 40.8 Å². The fourth-order valence-electron chi connectivity index (χ4n) is 1.23. The third kappa shape index (κ3) is 2.43. The van der Waals surface area contributed by atoms with E-state index >= 15 is 0 Å². The zero-order chi connectivity index (χ0) is 13.4. The van der Waals surface area contributed by atoms with Crippen LogP contribution in [-0.2, 0) is 6.18 Å². The van der Waals surface area contributed by atoms with Gasteiger partial charge in [0.15, 0.2) is 0 Å². The van der Waals surface area contributed by atoms with Crippen LogP contribution in [0.25, 0.3) is 0 Å². The molecular weight excluding hydrogens is 253 g/mol. The van der Waals surface area contributed by atoms with E-state index in [0.717, 1.165) is 0 Å². The van der Waals surface area contributed by atoms with Crippen molar-refractivity contribution in [2.24, 2.45) is 0 Å². The second-order valence-corrected chi connectivity index (χ2v) is 2.92. The zero-order valence-corrected chi connectivity index (χ0v) is 7.81. The Morgan fingerprint density at radius 2 is 1.88 bits per heavy atom. The van der Waals surface area contributed by atoms with Gasteiger partial charge in [-0.3, -0.25) is 4.79 Å². The maximum absolute atomic E-state index is 12.5. The zero-order valence-electron chi connectivity index (χ0n) is 7.81. The van der Waals surface area contributed by atoms with Gasteiger partial charge in [0.1, 0.15) is 0 Å². The number of alkyl halides is 5. The summed E-state index contributed by atoms with van der Waals surface area (Å²) in [7, 11) is 0. The van der Waals surface area contributed by atoms with Gasteiger partial charge in [0, 0.05) is 6.20 Å². The molecule has 1 rings (SSSR count). The van der Waals surface area contributed by atoms with E-state index in [0.29, 0.717) is 0 Å². The van der Waals surface area contributed by atoms with Crippen LogP contribution in [0.5, 0.6) is 0 Å². The average Bonchev–Trinajstić information content (AvgIpc) is 2.14. The van der Waals surface area contributed by atoms with Crippen molar-refractivity contribution in [2.75, 3.05) is 0 Å². The molecule has 0 amide bonds. The number of aromatic nitrogens is 1.